The molecule has 3 N–H and O–H groups in total. The number of fused-ring (bicyclic) bond motifs is 2. The van der Waals surface area contributed by atoms with Crippen molar-refractivity contribution in [3.8, 4) is 21.7 Å². The van der Waals surface area contributed by atoms with Crippen LogP contribution >= 0.6 is 11.3 Å². The molecule has 7 heteroatoms. The molecule has 1 amide bonds. The Labute approximate surface area is 195 Å². The number of benzene rings is 2. The number of nitrogens with two attached hydrogens (primary N) is 1. The highest BCUT2D eigenvalue weighted by Gasteiger charge is 2.24. The first-order valence-electron chi connectivity index (χ1n) is 10.5. The van der Waals surface area contributed by atoms with Crippen molar-refractivity contribution < 1.29 is 4.79 Å². The molecule has 6 nitrogen and oxygen atoms in total. The van der Waals surface area contributed by atoms with Crippen molar-refractivity contribution in [2.75, 3.05) is 11.1 Å². The van der Waals surface area contributed by atoms with Gasteiger partial charge in [-0.05, 0) is 48.6 Å². The molecule has 0 aliphatic rings. The molecule has 0 spiro atoms. The number of anilines is 2. The van der Waals surface area contributed by atoms with Gasteiger partial charge in [0.2, 0.25) is 0 Å². The van der Waals surface area contributed by atoms with Gasteiger partial charge in [-0.3, -0.25) is 4.79 Å². The van der Waals surface area contributed by atoms with Crippen molar-refractivity contribution in [2.45, 2.75) is 13.8 Å². The lowest BCUT2D eigenvalue weighted by atomic mass is 10.0. The Balaban J connectivity index is 1.75. The van der Waals surface area contributed by atoms with Gasteiger partial charge < -0.3 is 15.6 Å². The predicted molar refractivity (Wildman–Crippen MR) is 137 cm³/mol. The number of thiophene rings is 1. The molecule has 0 unspecified atom stereocenters. The van der Waals surface area contributed by atoms with Crippen LogP contribution in [0.1, 0.15) is 12.5 Å². The summed E-state index contributed by atoms with van der Waals surface area (Å²) in [4.78, 5) is 22.0. The zero-order valence-corrected chi connectivity index (χ0v) is 19.5. The third-order valence-electron chi connectivity index (χ3n) is 5.87. The molecular formula is C26H23N5OS. The van der Waals surface area contributed by atoms with Crippen LogP contribution in [-0.2, 0) is 11.8 Å². The smallest absolute Gasteiger partial charge is 0.250 e. The summed E-state index contributed by atoms with van der Waals surface area (Å²) in [7, 11) is 1.99. The number of carbonyl (C=O) groups is 1. The van der Waals surface area contributed by atoms with E-state index in [4.69, 9.17) is 5.73 Å². The second kappa shape index (κ2) is 7.86. The summed E-state index contributed by atoms with van der Waals surface area (Å²) in [5.74, 6) is 0.260. The van der Waals surface area contributed by atoms with Crippen molar-refractivity contribution in [2.24, 2.45) is 7.05 Å². The molecule has 0 fully saturated rings. The maximum atomic E-state index is 12.0. The number of rotatable bonds is 4. The van der Waals surface area contributed by atoms with Crippen molar-refractivity contribution >= 4 is 49.9 Å². The Kier molecular flexibility index (Phi) is 4.98. The number of carbonyl (C=O) groups excluding carboxylic acids is 1. The average Bonchev–Trinajstić information content (AvgIpc) is 3.29. The predicted octanol–water partition coefficient (Wildman–Crippen LogP) is 5.92. The molecule has 0 aliphatic heterocycles. The van der Waals surface area contributed by atoms with E-state index in [0.29, 0.717) is 17.1 Å². The van der Waals surface area contributed by atoms with Gasteiger partial charge in [0.05, 0.1) is 11.1 Å². The Hall–Kier alpha value is -3.97. The molecule has 0 radical (unpaired) electrons. The van der Waals surface area contributed by atoms with E-state index >= 15 is 0 Å². The third-order valence-corrected chi connectivity index (χ3v) is 7.16. The standard InChI is InChI=1S/C26H23N5OS/c1-14(2)26(32)30-17-11-9-16(10-12-17)22-20(21-24(27)28-13-29-25(21)31(22)4)23-15(3)18-7-5-6-8-19(18)33-23/h5-13H,1H2,2-4H3,(H,30,32)(H2,27,28,29). The maximum Gasteiger partial charge on any atom is 0.250 e. The lowest BCUT2D eigenvalue weighted by Gasteiger charge is -2.10. The number of hydrogen-bond donors (Lipinski definition) is 2. The lowest BCUT2D eigenvalue weighted by Crippen LogP contribution is -2.11. The molecule has 2 aromatic carbocycles. The minimum absolute atomic E-state index is 0.197. The molecule has 3 aromatic heterocycles. The summed E-state index contributed by atoms with van der Waals surface area (Å²) in [5, 5.41) is 4.94. The van der Waals surface area contributed by atoms with E-state index in [2.05, 4.69) is 57.6 Å². The highest BCUT2D eigenvalue weighted by Crippen LogP contribution is 2.47. The topological polar surface area (TPSA) is 85.8 Å². The summed E-state index contributed by atoms with van der Waals surface area (Å²) >= 11 is 1.75. The molecule has 0 saturated carbocycles. The number of nitrogens with one attached hydrogen (secondary N) is 1. The fourth-order valence-corrected chi connectivity index (χ4v) is 5.46. The van der Waals surface area contributed by atoms with E-state index in [9.17, 15) is 4.79 Å². The fourth-order valence-electron chi connectivity index (χ4n) is 4.20. The number of aryl methyl sites for hydroxylation is 2. The molecule has 33 heavy (non-hydrogen) atoms. The van der Waals surface area contributed by atoms with Gasteiger partial charge in [0, 0.05) is 33.4 Å². The van der Waals surface area contributed by atoms with E-state index < -0.39 is 0 Å². The zero-order chi connectivity index (χ0) is 23.3. The van der Waals surface area contributed by atoms with Crippen molar-refractivity contribution in [3.63, 3.8) is 0 Å². The van der Waals surface area contributed by atoms with Gasteiger partial charge in [-0.25, -0.2) is 9.97 Å². The maximum absolute atomic E-state index is 12.0. The zero-order valence-electron chi connectivity index (χ0n) is 18.6. The molecular weight excluding hydrogens is 430 g/mol. The highest BCUT2D eigenvalue weighted by atomic mass is 32.1. The SMILES string of the molecule is C=C(C)C(=O)Nc1ccc(-c2c(-c3sc4ccccc4c3C)c3c(N)ncnc3n2C)cc1. The molecule has 5 aromatic rings. The summed E-state index contributed by atoms with van der Waals surface area (Å²) < 4.78 is 3.29. The van der Waals surface area contributed by atoms with Gasteiger partial charge in [-0.2, -0.15) is 0 Å². The Bertz CT molecular complexity index is 1560. The van der Waals surface area contributed by atoms with Gasteiger partial charge >= 0.3 is 0 Å². The number of nitrogens with zero attached hydrogens (tertiary/aromatic N) is 3. The third kappa shape index (κ3) is 3.37. The van der Waals surface area contributed by atoms with Crippen LogP contribution in [-0.4, -0.2) is 20.4 Å². The van der Waals surface area contributed by atoms with Crippen LogP contribution in [0, 0.1) is 6.92 Å². The number of amides is 1. The molecule has 0 saturated heterocycles. The normalized spacial score (nSPS) is 11.2. The molecule has 3 heterocycles. The van der Waals surface area contributed by atoms with E-state index in [1.165, 1.54) is 22.0 Å². The van der Waals surface area contributed by atoms with E-state index in [1.54, 1.807) is 18.3 Å². The minimum atomic E-state index is -0.197. The minimum Gasteiger partial charge on any atom is -0.383 e. The average molecular weight is 454 g/mol. The fraction of sp³-hybridized carbons (Fsp3) is 0.115. The van der Waals surface area contributed by atoms with Gasteiger partial charge in [0.15, 0.2) is 0 Å². The Morgan fingerprint density at radius 2 is 1.85 bits per heavy atom. The first-order valence-corrected chi connectivity index (χ1v) is 11.3. The largest absolute Gasteiger partial charge is 0.383 e. The van der Waals surface area contributed by atoms with Gasteiger partial charge in [-0.15, -0.1) is 11.3 Å². The van der Waals surface area contributed by atoms with Gasteiger partial charge in [-0.1, -0.05) is 36.9 Å². The van der Waals surface area contributed by atoms with Crippen molar-refractivity contribution in [1.82, 2.24) is 14.5 Å². The molecule has 0 atom stereocenters. The van der Waals surface area contributed by atoms with Crippen LogP contribution in [0.15, 0.2) is 67.0 Å². The summed E-state index contributed by atoms with van der Waals surface area (Å²) in [6.07, 6.45) is 1.50. The molecule has 5 rings (SSSR count). The van der Waals surface area contributed by atoms with Crippen LogP contribution in [0.25, 0.3) is 42.8 Å². The van der Waals surface area contributed by atoms with E-state index in [0.717, 1.165) is 32.7 Å². The van der Waals surface area contributed by atoms with Crippen LogP contribution in [0.2, 0.25) is 0 Å². The summed E-state index contributed by atoms with van der Waals surface area (Å²) in [6, 6.07) is 16.2. The monoisotopic (exact) mass is 453 g/mol. The lowest BCUT2D eigenvalue weighted by molar-refractivity contribution is -0.112. The Morgan fingerprint density at radius 3 is 2.55 bits per heavy atom. The molecule has 0 bridgehead atoms. The van der Waals surface area contributed by atoms with Crippen molar-refractivity contribution in [3.05, 3.63) is 72.6 Å². The molecule has 0 aliphatic carbocycles. The van der Waals surface area contributed by atoms with Crippen LogP contribution in [0.4, 0.5) is 11.5 Å². The Morgan fingerprint density at radius 1 is 1.12 bits per heavy atom. The first-order chi connectivity index (χ1) is 15.9. The summed E-state index contributed by atoms with van der Waals surface area (Å²) in [6.45, 7) is 7.52. The first kappa shape index (κ1) is 20.9. The molecule has 164 valence electrons. The van der Waals surface area contributed by atoms with Gasteiger partial charge in [0.25, 0.3) is 5.91 Å². The number of aromatic nitrogens is 3. The second-order valence-corrected chi connectivity index (χ2v) is 9.16. The summed E-state index contributed by atoms with van der Waals surface area (Å²) in [5.41, 5.74) is 12.6. The van der Waals surface area contributed by atoms with Gasteiger partial charge in [0.1, 0.15) is 17.8 Å². The van der Waals surface area contributed by atoms with Crippen LogP contribution in [0.3, 0.4) is 0 Å². The van der Waals surface area contributed by atoms with Crippen molar-refractivity contribution in [1.29, 1.82) is 0 Å². The number of nitrogen functional groups attached to an aromatic ring is 1. The van der Waals surface area contributed by atoms with E-state index in [1.807, 2.05) is 31.3 Å². The quantitative estimate of drug-likeness (QED) is 0.331. The van der Waals surface area contributed by atoms with Crippen LogP contribution < -0.4 is 11.1 Å². The highest BCUT2D eigenvalue weighted by molar-refractivity contribution is 7.22. The second-order valence-electron chi connectivity index (χ2n) is 8.10. The van der Waals surface area contributed by atoms with Crippen LogP contribution in [0.5, 0.6) is 0 Å². The number of hydrogen-bond acceptors (Lipinski definition) is 5. The van der Waals surface area contributed by atoms with E-state index in [-0.39, 0.29) is 5.91 Å².